The summed E-state index contributed by atoms with van der Waals surface area (Å²) in [6, 6.07) is 14.6. The Morgan fingerprint density at radius 3 is 2.58 bits per heavy atom. The Kier molecular flexibility index (Phi) is 5.99. The molecule has 0 saturated carbocycles. The zero-order valence-corrected chi connectivity index (χ0v) is 17.8. The van der Waals surface area contributed by atoms with Crippen LogP contribution in [0.15, 0.2) is 70.5 Å². The lowest BCUT2D eigenvalue weighted by Gasteiger charge is -2.10. The molecular formula is C23H20N4O3S. The van der Waals surface area contributed by atoms with Crippen LogP contribution in [0, 0.1) is 6.92 Å². The van der Waals surface area contributed by atoms with Crippen molar-refractivity contribution in [3.63, 3.8) is 0 Å². The second-order valence-corrected chi connectivity index (χ2v) is 7.83. The number of rotatable bonds is 6. The molecule has 8 heteroatoms. The highest BCUT2D eigenvalue weighted by molar-refractivity contribution is 7.98. The first-order chi connectivity index (χ1) is 15.0. The Morgan fingerprint density at radius 1 is 1.03 bits per heavy atom. The van der Waals surface area contributed by atoms with Gasteiger partial charge in [-0.15, -0.1) is 0 Å². The van der Waals surface area contributed by atoms with E-state index in [1.807, 2.05) is 37.3 Å². The Morgan fingerprint density at radius 2 is 1.81 bits per heavy atom. The lowest BCUT2D eigenvalue weighted by molar-refractivity contribution is -0.114. The number of carbonyl (C=O) groups is 2. The molecular weight excluding hydrogens is 412 g/mol. The van der Waals surface area contributed by atoms with E-state index in [2.05, 4.69) is 20.6 Å². The Hall–Kier alpha value is -3.65. The summed E-state index contributed by atoms with van der Waals surface area (Å²) < 4.78 is 5.90. The number of para-hydroxylation sites is 1. The molecule has 4 aromatic rings. The van der Waals surface area contributed by atoms with Crippen LogP contribution in [0.4, 0.5) is 11.4 Å². The van der Waals surface area contributed by atoms with Gasteiger partial charge in [-0.05, 0) is 36.8 Å². The first-order valence-electron chi connectivity index (χ1n) is 9.61. The highest BCUT2D eigenvalue weighted by Gasteiger charge is 2.21. The minimum atomic E-state index is -0.363. The highest BCUT2D eigenvalue weighted by Crippen LogP contribution is 2.31. The second kappa shape index (κ2) is 9.01. The lowest BCUT2D eigenvalue weighted by atomic mass is 10.1. The first-order valence-corrected chi connectivity index (χ1v) is 10.6. The predicted molar refractivity (Wildman–Crippen MR) is 121 cm³/mol. The molecule has 0 fully saturated rings. The summed E-state index contributed by atoms with van der Waals surface area (Å²) in [5.74, 6) is 0.186. The van der Waals surface area contributed by atoms with Crippen LogP contribution in [0.2, 0.25) is 0 Å². The van der Waals surface area contributed by atoms with Gasteiger partial charge >= 0.3 is 0 Å². The standard InChI is InChI=1S/C23H20N4O3S/c1-14-8-9-16(12-19(14)26-15(2)28)27-22(29)21-18(13-31-23-24-10-5-11-25-23)17-6-3-4-7-20(17)30-21/h3-12H,13H2,1-2H3,(H,26,28)(H,27,29). The van der Waals surface area contributed by atoms with Crippen molar-refractivity contribution in [2.45, 2.75) is 24.8 Å². The minimum absolute atomic E-state index is 0.175. The van der Waals surface area contributed by atoms with Gasteiger partial charge < -0.3 is 15.1 Å². The molecule has 0 aliphatic heterocycles. The third kappa shape index (κ3) is 4.75. The van der Waals surface area contributed by atoms with Gasteiger partial charge in [0.1, 0.15) is 5.58 Å². The van der Waals surface area contributed by atoms with Crippen LogP contribution in [0.3, 0.4) is 0 Å². The van der Waals surface area contributed by atoms with E-state index in [-0.39, 0.29) is 17.6 Å². The van der Waals surface area contributed by atoms with Crippen LogP contribution >= 0.6 is 11.8 Å². The number of furan rings is 1. The Bertz CT molecular complexity index is 1250. The number of nitrogens with zero attached hydrogens (tertiary/aromatic N) is 2. The van der Waals surface area contributed by atoms with Gasteiger partial charge in [0.15, 0.2) is 10.9 Å². The monoisotopic (exact) mass is 432 g/mol. The third-order valence-electron chi connectivity index (χ3n) is 4.60. The average molecular weight is 433 g/mol. The van der Waals surface area contributed by atoms with E-state index < -0.39 is 0 Å². The summed E-state index contributed by atoms with van der Waals surface area (Å²) in [6.45, 7) is 3.33. The minimum Gasteiger partial charge on any atom is -0.451 e. The Balaban J connectivity index is 1.62. The molecule has 2 heterocycles. The number of aryl methyl sites for hydroxylation is 1. The van der Waals surface area contributed by atoms with E-state index in [1.165, 1.54) is 18.7 Å². The molecule has 2 amide bonds. The summed E-state index contributed by atoms with van der Waals surface area (Å²) in [5, 5.41) is 7.14. The normalized spacial score (nSPS) is 10.8. The molecule has 4 rings (SSSR count). The quantitative estimate of drug-likeness (QED) is 0.327. The molecule has 0 aliphatic carbocycles. The van der Waals surface area contributed by atoms with Crippen molar-refractivity contribution < 1.29 is 14.0 Å². The van der Waals surface area contributed by atoms with E-state index in [9.17, 15) is 9.59 Å². The maximum absolute atomic E-state index is 13.1. The lowest BCUT2D eigenvalue weighted by Crippen LogP contribution is -2.14. The molecule has 2 aromatic carbocycles. The summed E-state index contributed by atoms with van der Waals surface area (Å²) in [6.07, 6.45) is 3.36. The number of benzene rings is 2. The van der Waals surface area contributed by atoms with Crippen LogP contribution in [0.25, 0.3) is 11.0 Å². The molecule has 0 saturated heterocycles. The highest BCUT2D eigenvalue weighted by atomic mass is 32.2. The molecule has 0 bridgehead atoms. The number of carbonyl (C=O) groups excluding carboxylic acids is 2. The summed E-state index contributed by atoms with van der Waals surface area (Å²) in [7, 11) is 0. The van der Waals surface area contributed by atoms with Gasteiger partial charge in [-0.25, -0.2) is 9.97 Å². The van der Waals surface area contributed by atoms with Crippen molar-refractivity contribution in [1.82, 2.24) is 9.97 Å². The van der Waals surface area contributed by atoms with Gasteiger partial charge in [0.2, 0.25) is 5.91 Å². The van der Waals surface area contributed by atoms with E-state index in [0.717, 1.165) is 16.5 Å². The molecule has 2 N–H and O–H groups in total. The van der Waals surface area contributed by atoms with Gasteiger partial charge in [0.05, 0.1) is 0 Å². The third-order valence-corrected chi connectivity index (χ3v) is 5.50. The zero-order valence-electron chi connectivity index (χ0n) is 17.0. The van der Waals surface area contributed by atoms with Gasteiger partial charge in [0, 0.05) is 47.4 Å². The van der Waals surface area contributed by atoms with E-state index in [0.29, 0.717) is 27.9 Å². The molecule has 0 radical (unpaired) electrons. The van der Waals surface area contributed by atoms with Gasteiger partial charge in [-0.1, -0.05) is 36.0 Å². The number of hydrogen-bond donors (Lipinski definition) is 2. The number of thioether (sulfide) groups is 1. The fourth-order valence-corrected chi connectivity index (χ4v) is 3.96. The molecule has 0 atom stereocenters. The van der Waals surface area contributed by atoms with Gasteiger partial charge in [-0.2, -0.15) is 0 Å². The first kappa shape index (κ1) is 20.6. The van der Waals surface area contributed by atoms with E-state index in [4.69, 9.17) is 4.42 Å². The van der Waals surface area contributed by atoms with Crippen LogP contribution in [0.5, 0.6) is 0 Å². The molecule has 156 valence electrons. The van der Waals surface area contributed by atoms with Crippen LogP contribution < -0.4 is 10.6 Å². The number of amides is 2. The van der Waals surface area contributed by atoms with Crippen molar-refractivity contribution in [3.8, 4) is 0 Å². The second-order valence-electron chi connectivity index (χ2n) is 6.89. The van der Waals surface area contributed by atoms with Crippen molar-refractivity contribution >= 4 is 45.9 Å². The largest absolute Gasteiger partial charge is 0.451 e. The molecule has 0 spiro atoms. The molecule has 0 aliphatic rings. The number of aromatic nitrogens is 2. The predicted octanol–water partition coefficient (Wildman–Crippen LogP) is 5.03. The average Bonchev–Trinajstić information content (AvgIpc) is 3.14. The zero-order chi connectivity index (χ0) is 21.8. The fourth-order valence-electron chi connectivity index (χ4n) is 3.13. The maximum Gasteiger partial charge on any atom is 0.291 e. The van der Waals surface area contributed by atoms with Crippen molar-refractivity contribution in [2.24, 2.45) is 0 Å². The number of hydrogen-bond acceptors (Lipinski definition) is 6. The van der Waals surface area contributed by atoms with Crippen LogP contribution in [-0.2, 0) is 10.5 Å². The van der Waals surface area contributed by atoms with Gasteiger partial charge in [-0.3, -0.25) is 9.59 Å². The van der Waals surface area contributed by atoms with E-state index in [1.54, 1.807) is 30.6 Å². The topological polar surface area (TPSA) is 97.1 Å². The molecule has 0 unspecified atom stereocenters. The van der Waals surface area contributed by atoms with E-state index >= 15 is 0 Å². The summed E-state index contributed by atoms with van der Waals surface area (Å²) in [4.78, 5) is 33.0. The van der Waals surface area contributed by atoms with Crippen molar-refractivity contribution in [1.29, 1.82) is 0 Å². The number of nitrogens with one attached hydrogen (secondary N) is 2. The maximum atomic E-state index is 13.1. The van der Waals surface area contributed by atoms with Crippen molar-refractivity contribution in [2.75, 3.05) is 10.6 Å². The summed E-state index contributed by atoms with van der Waals surface area (Å²) in [5.41, 5.74) is 3.52. The van der Waals surface area contributed by atoms with Crippen LogP contribution in [0.1, 0.15) is 28.6 Å². The Labute approximate surface area is 183 Å². The molecule has 7 nitrogen and oxygen atoms in total. The fraction of sp³-hybridized carbons (Fsp3) is 0.130. The SMILES string of the molecule is CC(=O)Nc1cc(NC(=O)c2oc3ccccc3c2CSc2ncccn2)ccc1C. The van der Waals surface area contributed by atoms with Crippen LogP contribution in [-0.4, -0.2) is 21.8 Å². The summed E-state index contributed by atoms with van der Waals surface area (Å²) >= 11 is 1.43. The number of anilines is 2. The smallest absolute Gasteiger partial charge is 0.291 e. The number of fused-ring (bicyclic) bond motifs is 1. The molecule has 31 heavy (non-hydrogen) atoms. The molecule has 2 aromatic heterocycles. The van der Waals surface area contributed by atoms with Crippen molar-refractivity contribution in [3.05, 3.63) is 77.8 Å². The van der Waals surface area contributed by atoms with Gasteiger partial charge in [0.25, 0.3) is 5.91 Å².